The normalized spacial score (nSPS) is 29.4. The Kier molecular flexibility index (Phi) is 3.95. The molecule has 2 bridgehead atoms. The molecule has 102 valence electrons. The van der Waals surface area contributed by atoms with Gasteiger partial charge in [-0.2, -0.15) is 0 Å². The number of hydrogen-bond acceptors (Lipinski definition) is 3. The molecule has 3 fully saturated rings. The predicted molar refractivity (Wildman–Crippen MR) is 76.2 cm³/mol. The summed E-state index contributed by atoms with van der Waals surface area (Å²) in [7, 11) is 0. The van der Waals surface area contributed by atoms with Crippen molar-refractivity contribution in [2.45, 2.75) is 25.3 Å². The van der Waals surface area contributed by atoms with Crippen LogP contribution in [0.4, 0.5) is 0 Å². The highest BCUT2D eigenvalue weighted by Gasteiger charge is 2.35. The lowest BCUT2D eigenvalue weighted by Gasteiger charge is -2.46. The van der Waals surface area contributed by atoms with Crippen molar-refractivity contribution in [2.75, 3.05) is 32.7 Å². The third-order valence-corrected chi connectivity index (χ3v) is 4.38. The van der Waals surface area contributed by atoms with E-state index in [1.165, 1.54) is 5.56 Å². The van der Waals surface area contributed by atoms with Crippen molar-refractivity contribution >= 4 is 5.78 Å². The summed E-state index contributed by atoms with van der Waals surface area (Å²) >= 11 is 0. The van der Waals surface area contributed by atoms with Crippen LogP contribution in [0.15, 0.2) is 30.3 Å². The van der Waals surface area contributed by atoms with Crippen LogP contribution in [0.1, 0.15) is 18.4 Å². The largest absolute Gasteiger partial charge is 0.299 e. The number of benzene rings is 1. The molecule has 1 unspecified atom stereocenters. The molecule has 0 aliphatic carbocycles. The van der Waals surface area contributed by atoms with Crippen molar-refractivity contribution in [2.24, 2.45) is 0 Å². The molecule has 3 aliphatic rings. The number of carbonyl (C=O) groups is 1. The van der Waals surface area contributed by atoms with E-state index in [9.17, 15) is 4.79 Å². The molecule has 0 amide bonds. The summed E-state index contributed by atoms with van der Waals surface area (Å²) in [6.07, 6.45) is 2.72. The molecule has 0 spiro atoms. The second kappa shape index (κ2) is 5.85. The van der Waals surface area contributed by atoms with E-state index < -0.39 is 0 Å². The van der Waals surface area contributed by atoms with E-state index in [4.69, 9.17) is 0 Å². The summed E-state index contributed by atoms with van der Waals surface area (Å²) in [5, 5.41) is 0. The average molecular weight is 258 g/mol. The van der Waals surface area contributed by atoms with E-state index in [0.717, 1.165) is 52.0 Å². The van der Waals surface area contributed by atoms with E-state index in [-0.39, 0.29) is 6.04 Å². The first kappa shape index (κ1) is 12.8. The predicted octanol–water partition coefficient (Wildman–Crippen LogP) is 1.58. The van der Waals surface area contributed by atoms with Gasteiger partial charge < -0.3 is 0 Å². The Balaban J connectivity index is 1.47. The Hall–Kier alpha value is -1.19. The van der Waals surface area contributed by atoms with Crippen LogP contribution in [0, 0.1) is 0 Å². The van der Waals surface area contributed by atoms with Gasteiger partial charge in [-0.3, -0.25) is 14.6 Å². The van der Waals surface area contributed by atoms with E-state index in [1.807, 2.05) is 6.07 Å². The van der Waals surface area contributed by atoms with Crippen molar-refractivity contribution in [1.82, 2.24) is 9.80 Å². The van der Waals surface area contributed by atoms with Gasteiger partial charge in [0.2, 0.25) is 0 Å². The van der Waals surface area contributed by atoms with Gasteiger partial charge in [0.15, 0.2) is 5.78 Å². The van der Waals surface area contributed by atoms with Crippen LogP contribution >= 0.6 is 0 Å². The maximum Gasteiger partial charge on any atom is 0.151 e. The van der Waals surface area contributed by atoms with Gasteiger partial charge in [-0.15, -0.1) is 0 Å². The number of rotatable bonds is 5. The number of aryl methyl sites for hydroxylation is 1. The highest BCUT2D eigenvalue weighted by Crippen LogP contribution is 2.18. The SMILES string of the molecule is O=C(CCCc1ccccc1)C1CN2CCN1CC2. The number of fused-ring (bicyclic) bond motifs is 3. The topological polar surface area (TPSA) is 23.6 Å². The molecule has 3 heterocycles. The third-order valence-electron chi connectivity index (χ3n) is 4.38. The zero-order valence-corrected chi connectivity index (χ0v) is 11.4. The quantitative estimate of drug-likeness (QED) is 0.801. The zero-order chi connectivity index (χ0) is 13.1. The minimum Gasteiger partial charge on any atom is -0.299 e. The number of ketones is 1. The summed E-state index contributed by atoms with van der Waals surface area (Å²) < 4.78 is 0. The number of hydrogen-bond donors (Lipinski definition) is 0. The Morgan fingerprint density at radius 1 is 1.11 bits per heavy atom. The van der Waals surface area contributed by atoms with Crippen LogP contribution in [0.5, 0.6) is 0 Å². The minimum absolute atomic E-state index is 0.179. The van der Waals surface area contributed by atoms with E-state index >= 15 is 0 Å². The lowest BCUT2D eigenvalue weighted by atomic mass is 9.98. The fourth-order valence-electron chi connectivity index (χ4n) is 3.20. The summed E-state index contributed by atoms with van der Waals surface area (Å²) in [4.78, 5) is 17.1. The molecule has 0 aromatic heterocycles. The lowest BCUT2D eigenvalue weighted by Crippen LogP contribution is -2.63. The minimum atomic E-state index is 0.179. The molecule has 3 heteroatoms. The summed E-state index contributed by atoms with van der Waals surface area (Å²) in [5.74, 6) is 0.445. The Morgan fingerprint density at radius 2 is 1.84 bits per heavy atom. The van der Waals surface area contributed by atoms with Crippen molar-refractivity contribution in [3.05, 3.63) is 35.9 Å². The molecule has 19 heavy (non-hydrogen) atoms. The van der Waals surface area contributed by atoms with E-state index in [1.54, 1.807) is 0 Å². The molecule has 3 aliphatic heterocycles. The van der Waals surface area contributed by atoms with Gasteiger partial charge in [0.25, 0.3) is 0 Å². The van der Waals surface area contributed by atoms with E-state index in [0.29, 0.717) is 5.78 Å². The van der Waals surface area contributed by atoms with Crippen LogP contribution < -0.4 is 0 Å². The highest BCUT2D eigenvalue weighted by molar-refractivity contribution is 5.84. The summed E-state index contributed by atoms with van der Waals surface area (Å²) in [5.41, 5.74) is 1.34. The smallest absolute Gasteiger partial charge is 0.151 e. The van der Waals surface area contributed by atoms with Crippen LogP contribution in [-0.4, -0.2) is 54.3 Å². The monoisotopic (exact) mass is 258 g/mol. The van der Waals surface area contributed by atoms with Crippen molar-refractivity contribution in [3.8, 4) is 0 Å². The maximum absolute atomic E-state index is 12.3. The highest BCUT2D eigenvalue weighted by atomic mass is 16.1. The van der Waals surface area contributed by atoms with Crippen LogP contribution in [0.2, 0.25) is 0 Å². The van der Waals surface area contributed by atoms with Crippen molar-refractivity contribution < 1.29 is 4.79 Å². The number of piperazine rings is 3. The molecule has 3 nitrogen and oxygen atoms in total. The molecule has 1 aromatic carbocycles. The first-order chi connectivity index (χ1) is 9.33. The molecular formula is C16H22N2O. The first-order valence-electron chi connectivity index (χ1n) is 7.36. The molecule has 3 saturated heterocycles. The van der Waals surface area contributed by atoms with Gasteiger partial charge in [0, 0.05) is 39.1 Å². The molecule has 4 rings (SSSR count). The molecule has 0 radical (unpaired) electrons. The second-order valence-electron chi connectivity index (χ2n) is 5.66. The summed E-state index contributed by atoms with van der Waals surface area (Å²) in [6, 6.07) is 10.6. The molecule has 1 atom stereocenters. The van der Waals surface area contributed by atoms with Gasteiger partial charge in [0.05, 0.1) is 6.04 Å². The van der Waals surface area contributed by atoms with Gasteiger partial charge in [0.1, 0.15) is 0 Å². The lowest BCUT2D eigenvalue weighted by molar-refractivity contribution is -0.129. The fourth-order valence-corrected chi connectivity index (χ4v) is 3.20. The molecule has 1 aromatic rings. The Bertz CT molecular complexity index is 424. The number of nitrogens with zero attached hydrogens (tertiary/aromatic N) is 2. The van der Waals surface area contributed by atoms with Crippen molar-refractivity contribution in [1.29, 1.82) is 0 Å². The summed E-state index contributed by atoms with van der Waals surface area (Å²) in [6.45, 7) is 5.41. The van der Waals surface area contributed by atoms with Gasteiger partial charge in [-0.05, 0) is 18.4 Å². The van der Waals surface area contributed by atoms with Crippen LogP contribution in [0.25, 0.3) is 0 Å². The molecule has 0 saturated carbocycles. The van der Waals surface area contributed by atoms with E-state index in [2.05, 4.69) is 34.1 Å². The number of Topliss-reactive ketones (excluding diaryl/α,β-unsaturated/α-hetero) is 1. The zero-order valence-electron chi connectivity index (χ0n) is 11.4. The van der Waals surface area contributed by atoms with Crippen molar-refractivity contribution in [3.63, 3.8) is 0 Å². The molecule has 0 N–H and O–H groups in total. The van der Waals surface area contributed by atoms with Crippen LogP contribution in [0.3, 0.4) is 0 Å². The molecular weight excluding hydrogens is 236 g/mol. The maximum atomic E-state index is 12.3. The Morgan fingerprint density at radius 3 is 2.47 bits per heavy atom. The Labute approximate surface area is 115 Å². The number of carbonyl (C=O) groups excluding carboxylic acids is 1. The second-order valence-corrected chi connectivity index (χ2v) is 5.66. The first-order valence-corrected chi connectivity index (χ1v) is 7.36. The standard InChI is InChI=1S/C16H22N2O/c19-16(8-4-7-14-5-2-1-3-6-14)15-13-17-9-11-18(15)12-10-17/h1-3,5-6,15H,4,7-13H2. The van der Waals surface area contributed by atoms with Gasteiger partial charge >= 0.3 is 0 Å². The fraction of sp³-hybridized carbons (Fsp3) is 0.562. The van der Waals surface area contributed by atoms with Gasteiger partial charge in [-0.25, -0.2) is 0 Å². The van der Waals surface area contributed by atoms with Crippen LogP contribution in [-0.2, 0) is 11.2 Å². The van der Waals surface area contributed by atoms with Gasteiger partial charge in [-0.1, -0.05) is 30.3 Å². The third kappa shape index (κ3) is 3.04. The average Bonchev–Trinajstić information content (AvgIpc) is 2.49.